The zero-order valence-corrected chi connectivity index (χ0v) is 11.8. The molecule has 1 rings (SSSR count). The fourth-order valence-electron chi connectivity index (χ4n) is 1.38. The molecule has 1 unspecified atom stereocenters. The van der Waals surface area contributed by atoms with Gasteiger partial charge in [0.15, 0.2) is 9.84 Å². The van der Waals surface area contributed by atoms with Crippen LogP contribution in [0.15, 0.2) is 29.2 Å². The molecule has 0 aliphatic carbocycles. The summed E-state index contributed by atoms with van der Waals surface area (Å²) in [5, 5.41) is 3.06. The number of nitrogens with one attached hydrogen (secondary N) is 1. The van der Waals surface area contributed by atoms with Crippen molar-refractivity contribution in [3.05, 3.63) is 24.3 Å². The molecule has 96 valence electrons. The molecule has 0 amide bonds. The third-order valence-corrected chi connectivity index (χ3v) is 4.31. The lowest BCUT2D eigenvalue weighted by molar-refractivity contribution is 0.601. The van der Waals surface area contributed by atoms with Crippen molar-refractivity contribution < 1.29 is 8.42 Å². The molecule has 5 heteroatoms. The average Bonchev–Trinajstić information content (AvgIpc) is 2.24. The second-order valence-electron chi connectivity index (χ2n) is 4.41. The van der Waals surface area contributed by atoms with E-state index in [2.05, 4.69) is 5.32 Å². The first-order valence-electron chi connectivity index (χ1n) is 5.49. The highest BCUT2D eigenvalue weighted by molar-refractivity contribution is 7.90. The van der Waals surface area contributed by atoms with Gasteiger partial charge in [-0.2, -0.15) is 0 Å². The monoisotopic (exact) mass is 275 g/mol. The molecule has 0 spiro atoms. The van der Waals surface area contributed by atoms with Crippen LogP contribution in [0.25, 0.3) is 0 Å². The summed E-state index contributed by atoms with van der Waals surface area (Å²) in [5.74, 6) is 0.342. The van der Waals surface area contributed by atoms with Gasteiger partial charge in [-0.05, 0) is 18.1 Å². The Morgan fingerprint density at radius 1 is 1.29 bits per heavy atom. The van der Waals surface area contributed by atoms with Crippen LogP contribution in [0.4, 0.5) is 5.69 Å². The van der Waals surface area contributed by atoms with E-state index in [-0.39, 0.29) is 5.38 Å². The van der Waals surface area contributed by atoms with Crippen LogP contribution in [0.3, 0.4) is 0 Å². The maximum atomic E-state index is 11.6. The molecule has 0 aliphatic heterocycles. The molecule has 1 aromatic rings. The lowest BCUT2D eigenvalue weighted by Gasteiger charge is -2.16. The summed E-state index contributed by atoms with van der Waals surface area (Å²) in [4.78, 5) is 0.313. The quantitative estimate of drug-likeness (QED) is 0.841. The molecule has 0 bridgehead atoms. The third-order valence-electron chi connectivity index (χ3n) is 2.50. The van der Waals surface area contributed by atoms with Crippen LogP contribution >= 0.6 is 11.6 Å². The average molecular weight is 276 g/mol. The third kappa shape index (κ3) is 4.21. The van der Waals surface area contributed by atoms with Crippen LogP contribution in [-0.2, 0) is 9.84 Å². The lowest BCUT2D eigenvalue weighted by atomic mass is 10.1. The number of rotatable bonds is 5. The Labute approximate surface area is 108 Å². The number of halogens is 1. The molecule has 0 aliphatic rings. The van der Waals surface area contributed by atoms with Crippen molar-refractivity contribution >= 4 is 27.1 Å². The molecule has 0 saturated heterocycles. The van der Waals surface area contributed by atoms with Crippen molar-refractivity contribution in [1.29, 1.82) is 0 Å². The van der Waals surface area contributed by atoms with Crippen LogP contribution in [-0.4, -0.2) is 26.6 Å². The zero-order chi connectivity index (χ0) is 13.1. The molecule has 1 aromatic carbocycles. The van der Waals surface area contributed by atoms with E-state index in [9.17, 15) is 8.42 Å². The number of benzene rings is 1. The first-order chi connectivity index (χ1) is 7.82. The smallest absolute Gasteiger partial charge is 0.177 e. The van der Waals surface area contributed by atoms with Gasteiger partial charge in [-0.25, -0.2) is 8.42 Å². The molecule has 17 heavy (non-hydrogen) atoms. The van der Waals surface area contributed by atoms with Crippen LogP contribution < -0.4 is 5.32 Å². The van der Waals surface area contributed by atoms with Gasteiger partial charge in [-0.1, -0.05) is 26.0 Å². The zero-order valence-electron chi connectivity index (χ0n) is 10.3. The van der Waals surface area contributed by atoms with Gasteiger partial charge in [0.2, 0.25) is 0 Å². The predicted octanol–water partition coefficient (Wildman–Crippen LogP) is 2.77. The predicted molar refractivity (Wildman–Crippen MR) is 72.5 cm³/mol. The second kappa shape index (κ2) is 5.74. The Hall–Kier alpha value is -0.740. The summed E-state index contributed by atoms with van der Waals surface area (Å²) < 4.78 is 23.1. The van der Waals surface area contributed by atoms with Crippen molar-refractivity contribution in [1.82, 2.24) is 0 Å². The van der Waals surface area contributed by atoms with Crippen molar-refractivity contribution in [3.63, 3.8) is 0 Å². The Morgan fingerprint density at radius 3 is 2.41 bits per heavy atom. The second-order valence-corrected chi connectivity index (χ2v) is 6.95. The summed E-state index contributed by atoms with van der Waals surface area (Å²) in [6, 6.07) is 6.86. The van der Waals surface area contributed by atoms with Gasteiger partial charge in [-0.15, -0.1) is 11.6 Å². The standard InChI is InChI=1S/C12H18ClNO2S/c1-9(2)10(13)8-14-11-6-4-5-7-12(11)17(3,15)16/h4-7,9-10,14H,8H2,1-3H3. The molecular weight excluding hydrogens is 258 g/mol. The maximum Gasteiger partial charge on any atom is 0.177 e. The summed E-state index contributed by atoms with van der Waals surface area (Å²) in [6.07, 6.45) is 1.20. The van der Waals surface area contributed by atoms with Crippen LogP contribution in [0.1, 0.15) is 13.8 Å². The van der Waals surface area contributed by atoms with E-state index in [4.69, 9.17) is 11.6 Å². The Balaban J connectivity index is 2.85. The number of sulfone groups is 1. The number of alkyl halides is 1. The van der Waals surface area contributed by atoms with Gasteiger partial charge in [0.05, 0.1) is 16.0 Å². The van der Waals surface area contributed by atoms with Crippen molar-refractivity contribution in [3.8, 4) is 0 Å². The molecule has 1 atom stereocenters. The molecule has 0 saturated carbocycles. The molecule has 3 nitrogen and oxygen atoms in total. The number of para-hydroxylation sites is 1. The largest absolute Gasteiger partial charge is 0.382 e. The highest BCUT2D eigenvalue weighted by Gasteiger charge is 2.14. The van der Waals surface area contributed by atoms with E-state index in [1.54, 1.807) is 24.3 Å². The summed E-state index contributed by atoms with van der Waals surface area (Å²) in [5.41, 5.74) is 0.612. The Kier molecular flexibility index (Phi) is 4.83. The fourth-order valence-corrected chi connectivity index (χ4v) is 2.32. The van der Waals surface area contributed by atoms with Gasteiger partial charge in [0, 0.05) is 12.8 Å². The molecule has 0 fully saturated rings. The van der Waals surface area contributed by atoms with Gasteiger partial charge in [0.1, 0.15) is 0 Å². The molecule has 0 heterocycles. The normalized spacial score (nSPS) is 13.7. The minimum absolute atomic E-state index is 0.0254. The van der Waals surface area contributed by atoms with Gasteiger partial charge in [-0.3, -0.25) is 0 Å². The highest BCUT2D eigenvalue weighted by atomic mass is 35.5. The number of anilines is 1. The number of hydrogen-bond acceptors (Lipinski definition) is 3. The van der Waals surface area contributed by atoms with E-state index < -0.39 is 9.84 Å². The van der Waals surface area contributed by atoms with E-state index in [0.717, 1.165) is 0 Å². The molecular formula is C12H18ClNO2S. The van der Waals surface area contributed by atoms with E-state index in [0.29, 0.717) is 23.0 Å². The molecule has 0 aromatic heterocycles. The van der Waals surface area contributed by atoms with Gasteiger partial charge in [0.25, 0.3) is 0 Å². The Morgan fingerprint density at radius 2 is 1.88 bits per heavy atom. The summed E-state index contributed by atoms with van der Waals surface area (Å²) in [7, 11) is -3.21. The minimum Gasteiger partial charge on any atom is -0.382 e. The molecule has 0 radical (unpaired) electrons. The Bertz CT molecular complexity index is 471. The van der Waals surface area contributed by atoms with Crippen LogP contribution in [0, 0.1) is 5.92 Å². The first-order valence-corrected chi connectivity index (χ1v) is 7.82. The maximum absolute atomic E-state index is 11.6. The van der Waals surface area contributed by atoms with Crippen molar-refractivity contribution in [2.24, 2.45) is 5.92 Å². The first kappa shape index (κ1) is 14.3. The van der Waals surface area contributed by atoms with Gasteiger partial charge >= 0.3 is 0 Å². The van der Waals surface area contributed by atoms with E-state index >= 15 is 0 Å². The summed E-state index contributed by atoms with van der Waals surface area (Å²) >= 11 is 6.12. The molecule has 1 N–H and O–H groups in total. The number of hydrogen-bond donors (Lipinski definition) is 1. The van der Waals surface area contributed by atoms with Crippen LogP contribution in [0.2, 0.25) is 0 Å². The highest BCUT2D eigenvalue weighted by Crippen LogP contribution is 2.21. The minimum atomic E-state index is -3.21. The van der Waals surface area contributed by atoms with Gasteiger partial charge < -0.3 is 5.32 Å². The van der Waals surface area contributed by atoms with Crippen molar-refractivity contribution in [2.75, 3.05) is 18.1 Å². The SMILES string of the molecule is CC(C)C(Cl)CNc1ccccc1S(C)(=O)=O. The lowest BCUT2D eigenvalue weighted by Crippen LogP contribution is -2.20. The van der Waals surface area contributed by atoms with Crippen LogP contribution in [0.5, 0.6) is 0 Å². The van der Waals surface area contributed by atoms with Crippen molar-refractivity contribution in [2.45, 2.75) is 24.1 Å². The summed E-state index contributed by atoms with van der Waals surface area (Å²) in [6.45, 7) is 4.61. The van der Waals surface area contributed by atoms with E-state index in [1.807, 2.05) is 13.8 Å². The fraction of sp³-hybridized carbons (Fsp3) is 0.500. The topological polar surface area (TPSA) is 46.2 Å². The van der Waals surface area contributed by atoms with E-state index in [1.165, 1.54) is 6.26 Å².